The quantitative estimate of drug-likeness (QED) is 0.670. The zero-order valence-corrected chi connectivity index (χ0v) is 9.27. The molecule has 1 saturated heterocycles. The number of benzene rings is 1. The van der Waals surface area contributed by atoms with Crippen LogP contribution < -0.4 is 0 Å². The van der Waals surface area contributed by atoms with Gasteiger partial charge < -0.3 is 24.8 Å². The third-order valence-corrected chi connectivity index (χ3v) is 2.78. The second kappa shape index (κ2) is 5.57. The van der Waals surface area contributed by atoms with Crippen LogP contribution in [-0.2, 0) is 16.1 Å². The van der Waals surface area contributed by atoms with Gasteiger partial charge in [-0.2, -0.15) is 0 Å². The fraction of sp³-hybridized carbons (Fsp3) is 0.500. The highest BCUT2D eigenvalue weighted by Gasteiger charge is 2.43. The van der Waals surface area contributed by atoms with Crippen molar-refractivity contribution in [1.29, 1.82) is 0 Å². The van der Waals surface area contributed by atoms with Crippen LogP contribution >= 0.6 is 0 Å². The summed E-state index contributed by atoms with van der Waals surface area (Å²) in [5.74, 6) is 0. The first-order chi connectivity index (χ1) is 8.22. The maximum Gasteiger partial charge on any atom is 0.184 e. The number of ether oxygens (including phenoxy) is 2. The highest BCUT2D eigenvalue weighted by atomic mass is 16.7. The third-order valence-electron chi connectivity index (χ3n) is 2.78. The molecule has 0 radical (unpaired) electrons. The van der Waals surface area contributed by atoms with E-state index in [1.165, 1.54) is 0 Å². The first-order valence-corrected chi connectivity index (χ1v) is 5.50. The van der Waals surface area contributed by atoms with Gasteiger partial charge in [0.2, 0.25) is 0 Å². The summed E-state index contributed by atoms with van der Waals surface area (Å²) in [6.07, 6.45) is -3.83. The molecule has 0 aromatic heterocycles. The van der Waals surface area contributed by atoms with Gasteiger partial charge in [-0.1, -0.05) is 30.3 Å². The Labute approximate surface area is 99.2 Å². The molecule has 0 spiro atoms. The van der Waals surface area contributed by atoms with Crippen molar-refractivity contribution >= 4 is 0 Å². The summed E-state index contributed by atoms with van der Waals surface area (Å²) in [5.41, 5.74) is 0.944. The molecule has 1 aromatic carbocycles. The lowest BCUT2D eigenvalue weighted by Gasteiger charge is -2.17. The predicted octanol–water partition coefficient (Wildman–Crippen LogP) is -0.358. The maximum atomic E-state index is 9.73. The molecular formula is C12H16O5. The molecule has 2 rings (SSSR count). The van der Waals surface area contributed by atoms with Crippen LogP contribution in [0, 0.1) is 0 Å². The summed E-state index contributed by atoms with van der Waals surface area (Å²) in [5, 5.41) is 28.2. The van der Waals surface area contributed by atoms with Gasteiger partial charge >= 0.3 is 0 Å². The normalized spacial score (nSPS) is 32.9. The van der Waals surface area contributed by atoms with Gasteiger partial charge in [-0.05, 0) is 5.56 Å². The molecule has 1 aromatic rings. The summed E-state index contributed by atoms with van der Waals surface area (Å²) >= 11 is 0. The van der Waals surface area contributed by atoms with E-state index in [0.29, 0.717) is 0 Å². The molecule has 17 heavy (non-hydrogen) atoms. The second-order valence-electron chi connectivity index (χ2n) is 4.00. The average Bonchev–Trinajstić information content (AvgIpc) is 2.63. The van der Waals surface area contributed by atoms with E-state index in [4.69, 9.17) is 14.6 Å². The maximum absolute atomic E-state index is 9.73. The van der Waals surface area contributed by atoms with Crippen molar-refractivity contribution in [2.45, 2.75) is 31.2 Å². The van der Waals surface area contributed by atoms with Crippen LogP contribution in [0.4, 0.5) is 0 Å². The Kier molecular flexibility index (Phi) is 4.09. The van der Waals surface area contributed by atoms with Crippen LogP contribution in [0.1, 0.15) is 5.56 Å². The zero-order valence-electron chi connectivity index (χ0n) is 9.27. The van der Waals surface area contributed by atoms with E-state index in [-0.39, 0.29) is 13.2 Å². The summed E-state index contributed by atoms with van der Waals surface area (Å²) in [7, 11) is 0. The van der Waals surface area contributed by atoms with Gasteiger partial charge in [0.05, 0.1) is 13.2 Å². The molecule has 1 aliphatic heterocycles. The number of aliphatic hydroxyl groups excluding tert-OH is 3. The van der Waals surface area contributed by atoms with E-state index in [9.17, 15) is 10.2 Å². The summed E-state index contributed by atoms with van der Waals surface area (Å²) < 4.78 is 10.4. The molecule has 0 aliphatic carbocycles. The first-order valence-electron chi connectivity index (χ1n) is 5.50. The molecule has 3 N–H and O–H groups in total. The van der Waals surface area contributed by atoms with Gasteiger partial charge in [0.25, 0.3) is 0 Å². The lowest BCUT2D eigenvalue weighted by molar-refractivity contribution is -0.150. The van der Waals surface area contributed by atoms with Crippen LogP contribution in [0.15, 0.2) is 30.3 Å². The Morgan fingerprint density at radius 2 is 1.88 bits per heavy atom. The highest BCUT2D eigenvalue weighted by Crippen LogP contribution is 2.23. The van der Waals surface area contributed by atoms with Crippen LogP contribution in [0.5, 0.6) is 0 Å². The molecule has 5 heteroatoms. The molecule has 94 valence electrons. The fourth-order valence-electron chi connectivity index (χ4n) is 1.82. The minimum atomic E-state index is -1.20. The van der Waals surface area contributed by atoms with Crippen molar-refractivity contribution < 1.29 is 24.8 Å². The summed E-state index contributed by atoms with van der Waals surface area (Å²) in [6, 6.07) is 9.43. The number of hydrogen-bond donors (Lipinski definition) is 3. The van der Waals surface area contributed by atoms with E-state index < -0.39 is 24.6 Å². The zero-order chi connectivity index (χ0) is 12.3. The Hall–Kier alpha value is -0.980. The van der Waals surface area contributed by atoms with Crippen molar-refractivity contribution in [3.05, 3.63) is 35.9 Å². The molecule has 1 aliphatic rings. The van der Waals surface area contributed by atoms with Gasteiger partial charge in [0.1, 0.15) is 18.3 Å². The second-order valence-corrected chi connectivity index (χ2v) is 4.00. The summed E-state index contributed by atoms with van der Waals surface area (Å²) in [4.78, 5) is 0. The van der Waals surface area contributed by atoms with E-state index in [1.54, 1.807) is 0 Å². The van der Waals surface area contributed by atoms with Crippen molar-refractivity contribution in [3.8, 4) is 0 Å². The van der Waals surface area contributed by atoms with Crippen molar-refractivity contribution in [2.24, 2.45) is 0 Å². The van der Waals surface area contributed by atoms with Crippen LogP contribution in [-0.4, -0.2) is 46.5 Å². The van der Waals surface area contributed by atoms with Crippen LogP contribution in [0.2, 0.25) is 0 Å². The Balaban J connectivity index is 1.91. The van der Waals surface area contributed by atoms with Crippen LogP contribution in [0.25, 0.3) is 0 Å². The average molecular weight is 240 g/mol. The van der Waals surface area contributed by atoms with Gasteiger partial charge in [0.15, 0.2) is 6.29 Å². The molecule has 0 saturated carbocycles. The topological polar surface area (TPSA) is 79.2 Å². The smallest absolute Gasteiger partial charge is 0.184 e. The standard InChI is InChI=1S/C12H16O5/c13-6-9-10(14)11(12(15)17-9)16-7-8-4-2-1-3-5-8/h1-5,9-15H,6-7H2. The fourth-order valence-corrected chi connectivity index (χ4v) is 1.82. The van der Waals surface area contributed by atoms with Gasteiger partial charge in [-0.3, -0.25) is 0 Å². The number of rotatable bonds is 4. The van der Waals surface area contributed by atoms with Gasteiger partial charge in [-0.25, -0.2) is 0 Å². The lowest BCUT2D eigenvalue weighted by atomic mass is 10.1. The lowest BCUT2D eigenvalue weighted by Crippen LogP contribution is -2.36. The van der Waals surface area contributed by atoms with E-state index >= 15 is 0 Å². The SMILES string of the molecule is OCC1OC(O)C(OCc2ccccc2)C1O. The Morgan fingerprint density at radius 3 is 2.47 bits per heavy atom. The molecule has 5 nitrogen and oxygen atoms in total. The highest BCUT2D eigenvalue weighted by molar-refractivity contribution is 5.13. The summed E-state index contributed by atoms with van der Waals surface area (Å²) in [6.45, 7) is -0.0649. The molecular weight excluding hydrogens is 224 g/mol. The third kappa shape index (κ3) is 2.83. The largest absolute Gasteiger partial charge is 0.394 e. The Bertz CT molecular complexity index is 342. The van der Waals surface area contributed by atoms with E-state index in [2.05, 4.69) is 0 Å². The van der Waals surface area contributed by atoms with Gasteiger partial charge in [-0.15, -0.1) is 0 Å². The molecule has 4 unspecified atom stereocenters. The first kappa shape index (κ1) is 12.5. The molecule has 1 heterocycles. The minimum absolute atomic E-state index is 0.279. The minimum Gasteiger partial charge on any atom is -0.394 e. The molecule has 4 atom stereocenters. The molecule has 1 fully saturated rings. The number of aliphatic hydroxyl groups is 3. The Morgan fingerprint density at radius 1 is 1.18 bits per heavy atom. The van der Waals surface area contributed by atoms with Crippen molar-refractivity contribution in [2.75, 3.05) is 6.61 Å². The van der Waals surface area contributed by atoms with Gasteiger partial charge in [0, 0.05) is 0 Å². The monoisotopic (exact) mass is 240 g/mol. The predicted molar refractivity (Wildman–Crippen MR) is 59.0 cm³/mol. The van der Waals surface area contributed by atoms with E-state index in [1.807, 2.05) is 30.3 Å². The van der Waals surface area contributed by atoms with Crippen LogP contribution in [0.3, 0.4) is 0 Å². The number of hydrogen-bond acceptors (Lipinski definition) is 5. The molecule has 0 amide bonds. The van der Waals surface area contributed by atoms with Crippen molar-refractivity contribution in [3.63, 3.8) is 0 Å². The molecule has 0 bridgehead atoms. The van der Waals surface area contributed by atoms with Crippen molar-refractivity contribution in [1.82, 2.24) is 0 Å². The van der Waals surface area contributed by atoms with E-state index in [0.717, 1.165) is 5.56 Å².